The SMILES string of the molecule is O=[N+]([O-])c1cnc(NCCn2cccn2)s1. The molecule has 0 atom stereocenters. The number of nitrogens with one attached hydrogen (secondary N) is 1. The molecule has 0 radical (unpaired) electrons. The van der Waals surface area contributed by atoms with E-state index in [0.717, 1.165) is 11.3 Å². The number of nitro groups is 1. The number of aromatic nitrogens is 3. The number of anilines is 1. The highest BCUT2D eigenvalue weighted by molar-refractivity contribution is 7.18. The lowest BCUT2D eigenvalue weighted by atomic mass is 10.6. The Morgan fingerprint density at radius 3 is 3.12 bits per heavy atom. The second-order valence-corrected chi connectivity index (χ2v) is 3.97. The van der Waals surface area contributed by atoms with Crippen LogP contribution in [0.15, 0.2) is 24.7 Å². The first-order chi connectivity index (χ1) is 7.75. The van der Waals surface area contributed by atoms with Crippen molar-refractivity contribution in [1.29, 1.82) is 0 Å². The van der Waals surface area contributed by atoms with E-state index in [4.69, 9.17) is 0 Å². The minimum atomic E-state index is -0.448. The highest BCUT2D eigenvalue weighted by Gasteiger charge is 2.10. The maximum atomic E-state index is 10.4. The van der Waals surface area contributed by atoms with Gasteiger partial charge < -0.3 is 5.32 Å². The zero-order valence-electron chi connectivity index (χ0n) is 8.24. The fraction of sp³-hybridized carbons (Fsp3) is 0.250. The maximum Gasteiger partial charge on any atom is 0.345 e. The molecule has 0 bridgehead atoms. The second kappa shape index (κ2) is 4.71. The molecule has 0 saturated carbocycles. The van der Waals surface area contributed by atoms with Gasteiger partial charge in [-0.3, -0.25) is 14.8 Å². The van der Waals surface area contributed by atoms with Gasteiger partial charge in [-0.2, -0.15) is 5.10 Å². The van der Waals surface area contributed by atoms with Crippen LogP contribution in [0.1, 0.15) is 0 Å². The molecule has 0 aliphatic rings. The Kier molecular flexibility index (Phi) is 3.10. The highest BCUT2D eigenvalue weighted by atomic mass is 32.1. The summed E-state index contributed by atoms with van der Waals surface area (Å²) in [5, 5.41) is 18.0. The Balaban J connectivity index is 1.83. The van der Waals surface area contributed by atoms with Gasteiger partial charge in [-0.1, -0.05) is 0 Å². The number of hydrogen-bond donors (Lipinski definition) is 1. The van der Waals surface area contributed by atoms with Gasteiger partial charge in [0.2, 0.25) is 0 Å². The van der Waals surface area contributed by atoms with Crippen molar-refractivity contribution in [2.45, 2.75) is 6.54 Å². The number of rotatable bonds is 5. The molecule has 16 heavy (non-hydrogen) atoms. The molecule has 1 N–H and O–H groups in total. The van der Waals surface area contributed by atoms with Crippen molar-refractivity contribution in [3.05, 3.63) is 34.8 Å². The molecule has 7 nitrogen and oxygen atoms in total. The first-order valence-electron chi connectivity index (χ1n) is 4.57. The molecule has 2 aromatic heterocycles. The van der Waals surface area contributed by atoms with Crippen molar-refractivity contribution in [3.63, 3.8) is 0 Å². The van der Waals surface area contributed by atoms with Gasteiger partial charge in [0.25, 0.3) is 0 Å². The predicted octanol–water partition coefficient (Wildman–Crippen LogP) is 1.36. The minimum Gasteiger partial charge on any atom is -0.359 e. The molecule has 84 valence electrons. The summed E-state index contributed by atoms with van der Waals surface area (Å²) in [7, 11) is 0. The predicted molar refractivity (Wildman–Crippen MR) is 59.5 cm³/mol. The summed E-state index contributed by atoms with van der Waals surface area (Å²) >= 11 is 1.03. The summed E-state index contributed by atoms with van der Waals surface area (Å²) in [6, 6.07) is 1.84. The average molecular weight is 239 g/mol. The van der Waals surface area contributed by atoms with Gasteiger partial charge in [0.15, 0.2) is 5.13 Å². The minimum absolute atomic E-state index is 0.0431. The second-order valence-electron chi connectivity index (χ2n) is 2.96. The molecule has 2 aromatic rings. The largest absolute Gasteiger partial charge is 0.359 e. The zero-order chi connectivity index (χ0) is 11.4. The van der Waals surface area contributed by atoms with Gasteiger partial charge in [-0.05, 0) is 17.4 Å². The Bertz CT molecular complexity index is 466. The van der Waals surface area contributed by atoms with Crippen molar-refractivity contribution in [3.8, 4) is 0 Å². The summed E-state index contributed by atoms with van der Waals surface area (Å²) in [5.41, 5.74) is 0. The maximum absolute atomic E-state index is 10.4. The summed E-state index contributed by atoms with van der Waals surface area (Å²) < 4.78 is 1.77. The van der Waals surface area contributed by atoms with Crippen molar-refractivity contribution >= 4 is 21.5 Å². The van der Waals surface area contributed by atoms with Crippen LogP contribution >= 0.6 is 11.3 Å². The lowest BCUT2D eigenvalue weighted by Crippen LogP contribution is -2.10. The molecule has 0 spiro atoms. The van der Waals surface area contributed by atoms with Crippen molar-refractivity contribution < 1.29 is 4.92 Å². The van der Waals surface area contributed by atoms with E-state index in [-0.39, 0.29) is 5.00 Å². The van der Waals surface area contributed by atoms with Crippen LogP contribution in [-0.2, 0) is 6.54 Å². The molecular weight excluding hydrogens is 230 g/mol. The lowest BCUT2D eigenvalue weighted by molar-refractivity contribution is -0.380. The van der Waals surface area contributed by atoms with E-state index in [0.29, 0.717) is 18.2 Å². The van der Waals surface area contributed by atoms with E-state index in [1.54, 1.807) is 10.9 Å². The molecule has 0 amide bonds. The quantitative estimate of drug-likeness (QED) is 0.629. The van der Waals surface area contributed by atoms with Gasteiger partial charge in [0.05, 0.1) is 11.5 Å². The molecule has 0 unspecified atom stereocenters. The third-order valence-corrected chi connectivity index (χ3v) is 2.76. The van der Waals surface area contributed by atoms with Gasteiger partial charge in [0.1, 0.15) is 6.20 Å². The molecule has 0 aromatic carbocycles. The average Bonchev–Trinajstić information content (AvgIpc) is 2.87. The molecule has 0 aliphatic carbocycles. The van der Waals surface area contributed by atoms with Crippen LogP contribution in [0.5, 0.6) is 0 Å². The topological polar surface area (TPSA) is 85.9 Å². The van der Waals surface area contributed by atoms with Crippen LogP contribution in [-0.4, -0.2) is 26.2 Å². The van der Waals surface area contributed by atoms with Crippen molar-refractivity contribution in [2.75, 3.05) is 11.9 Å². The van der Waals surface area contributed by atoms with E-state index >= 15 is 0 Å². The normalized spacial score (nSPS) is 10.2. The first kappa shape index (κ1) is 10.6. The zero-order valence-corrected chi connectivity index (χ0v) is 9.05. The first-order valence-corrected chi connectivity index (χ1v) is 5.39. The van der Waals surface area contributed by atoms with E-state index < -0.39 is 4.92 Å². The van der Waals surface area contributed by atoms with Crippen LogP contribution in [0.2, 0.25) is 0 Å². The highest BCUT2D eigenvalue weighted by Crippen LogP contribution is 2.24. The van der Waals surface area contributed by atoms with Crippen LogP contribution in [0.4, 0.5) is 10.1 Å². The molecule has 8 heteroatoms. The molecule has 2 rings (SSSR count). The van der Waals surface area contributed by atoms with Gasteiger partial charge in [-0.25, -0.2) is 4.98 Å². The van der Waals surface area contributed by atoms with Crippen molar-refractivity contribution in [2.24, 2.45) is 0 Å². The van der Waals surface area contributed by atoms with Gasteiger partial charge in [-0.15, -0.1) is 0 Å². The Morgan fingerprint density at radius 1 is 1.62 bits per heavy atom. The Hall–Kier alpha value is -1.96. The molecule has 2 heterocycles. The summed E-state index contributed by atoms with van der Waals surface area (Å²) in [4.78, 5) is 13.9. The molecule has 0 saturated heterocycles. The van der Waals surface area contributed by atoms with Crippen molar-refractivity contribution in [1.82, 2.24) is 14.8 Å². The monoisotopic (exact) mass is 239 g/mol. The summed E-state index contributed by atoms with van der Waals surface area (Å²) in [5.74, 6) is 0. The molecular formula is C8H9N5O2S. The van der Waals surface area contributed by atoms with E-state index in [2.05, 4.69) is 15.4 Å². The van der Waals surface area contributed by atoms with E-state index in [1.165, 1.54) is 6.20 Å². The summed E-state index contributed by atoms with van der Waals surface area (Å²) in [6.45, 7) is 1.33. The van der Waals surface area contributed by atoms with Gasteiger partial charge >= 0.3 is 5.00 Å². The number of nitrogens with zero attached hydrogens (tertiary/aromatic N) is 4. The fourth-order valence-corrected chi connectivity index (χ4v) is 1.80. The van der Waals surface area contributed by atoms with Crippen LogP contribution in [0.25, 0.3) is 0 Å². The summed E-state index contributed by atoms with van der Waals surface area (Å²) in [6.07, 6.45) is 4.81. The van der Waals surface area contributed by atoms with Crippen LogP contribution in [0.3, 0.4) is 0 Å². The van der Waals surface area contributed by atoms with Gasteiger partial charge in [0, 0.05) is 18.9 Å². The van der Waals surface area contributed by atoms with Crippen LogP contribution < -0.4 is 5.32 Å². The molecule has 0 aliphatic heterocycles. The molecule has 0 fully saturated rings. The Morgan fingerprint density at radius 2 is 2.50 bits per heavy atom. The third kappa shape index (κ3) is 2.54. The standard InChI is InChI=1S/C8H9N5O2S/c14-13(15)7-6-10-8(16-7)9-3-5-12-4-1-2-11-12/h1-2,4,6H,3,5H2,(H,9,10). The third-order valence-electron chi connectivity index (χ3n) is 1.85. The Labute approximate surface area is 94.9 Å². The fourth-order valence-electron chi connectivity index (χ4n) is 1.14. The smallest absolute Gasteiger partial charge is 0.345 e. The number of thiazole rings is 1. The number of hydrogen-bond acceptors (Lipinski definition) is 6. The lowest BCUT2D eigenvalue weighted by Gasteiger charge is -2.01. The van der Waals surface area contributed by atoms with E-state index in [1.807, 2.05) is 12.3 Å². The van der Waals surface area contributed by atoms with Crippen LogP contribution in [0, 0.1) is 10.1 Å². The van der Waals surface area contributed by atoms with E-state index in [9.17, 15) is 10.1 Å².